The smallest absolute Gasteiger partial charge is 0.169 e. The van der Waals surface area contributed by atoms with Crippen LogP contribution in [0.2, 0.25) is 0 Å². The first-order valence-electron chi connectivity index (χ1n) is 5.89. The maximum atomic E-state index is 9.64. The SMILES string of the molecule is Oc1ccccc1Oc1cnn(-c2ccccc2)c1. The lowest BCUT2D eigenvalue weighted by Gasteiger charge is -2.04. The fourth-order valence-electron chi connectivity index (χ4n) is 1.75. The molecule has 1 N–H and O–H groups in total. The molecule has 0 amide bonds. The molecular formula is C15H12N2O2. The average molecular weight is 252 g/mol. The van der Waals surface area contributed by atoms with Crippen LogP contribution in [0.25, 0.3) is 5.69 Å². The van der Waals surface area contributed by atoms with Gasteiger partial charge in [0.1, 0.15) is 0 Å². The van der Waals surface area contributed by atoms with E-state index in [1.807, 2.05) is 30.3 Å². The van der Waals surface area contributed by atoms with Gasteiger partial charge >= 0.3 is 0 Å². The number of hydrogen-bond donors (Lipinski definition) is 1. The third kappa shape index (κ3) is 2.42. The van der Waals surface area contributed by atoms with E-state index >= 15 is 0 Å². The second-order valence-corrected chi connectivity index (χ2v) is 4.03. The number of aromatic nitrogens is 2. The Hall–Kier alpha value is -2.75. The largest absolute Gasteiger partial charge is 0.504 e. The molecule has 1 heterocycles. The molecule has 3 aromatic rings. The number of ether oxygens (including phenoxy) is 1. The summed E-state index contributed by atoms with van der Waals surface area (Å²) < 4.78 is 7.30. The van der Waals surface area contributed by atoms with Crippen molar-refractivity contribution in [1.82, 2.24) is 9.78 Å². The van der Waals surface area contributed by atoms with Gasteiger partial charge in [-0.15, -0.1) is 0 Å². The van der Waals surface area contributed by atoms with Crippen molar-refractivity contribution < 1.29 is 9.84 Å². The van der Waals surface area contributed by atoms with E-state index in [1.54, 1.807) is 41.3 Å². The molecule has 3 rings (SSSR count). The lowest BCUT2D eigenvalue weighted by Crippen LogP contribution is -1.92. The van der Waals surface area contributed by atoms with Crippen molar-refractivity contribution in [1.29, 1.82) is 0 Å². The molecule has 19 heavy (non-hydrogen) atoms. The van der Waals surface area contributed by atoms with Gasteiger partial charge in [-0.1, -0.05) is 30.3 Å². The Morgan fingerprint density at radius 1 is 0.947 bits per heavy atom. The highest BCUT2D eigenvalue weighted by atomic mass is 16.5. The van der Waals surface area contributed by atoms with Gasteiger partial charge in [-0.25, -0.2) is 4.68 Å². The number of nitrogens with zero attached hydrogens (tertiary/aromatic N) is 2. The zero-order valence-corrected chi connectivity index (χ0v) is 10.1. The third-order valence-corrected chi connectivity index (χ3v) is 2.67. The van der Waals surface area contributed by atoms with Gasteiger partial charge in [0.2, 0.25) is 0 Å². The van der Waals surface area contributed by atoms with Gasteiger partial charge in [0, 0.05) is 0 Å². The van der Waals surface area contributed by atoms with Crippen molar-refractivity contribution >= 4 is 0 Å². The minimum atomic E-state index is 0.106. The molecule has 0 fully saturated rings. The van der Waals surface area contributed by atoms with E-state index in [2.05, 4.69) is 5.10 Å². The zero-order chi connectivity index (χ0) is 13.1. The van der Waals surface area contributed by atoms with E-state index in [-0.39, 0.29) is 5.75 Å². The van der Waals surface area contributed by atoms with E-state index in [9.17, 15) is 5.11 Å². The summed E-state index contributed by atoms with van der Waals surface area (Å²) in [5.74, 6) is 1.09. The van der Waals surface area contributed by atoms with Gasteiger partial charge in [0.05, 0.1) is 18.1 Å². The highest BCUT2D eigenvalue weighted by Crippen LogP contribution is 2.29. The lowest BCUT2D eigenvalue weighted by atomic mass is 10.3. The summed E-state index contributed by atoms with van der Waals surface area (Å²) in [6.07, 6.45) is 3.38. The van der Waals surface area contributed by atoms with Crippen molar-refractivity contribution in [2.24, 2.45) is 0 Å². The number of phenolic OH excluding ortho intramolecular Hbond substituents is 1. The number of phenols is 1. The van der Waals surface area contributed by atoms with Gasteiger partial charge < -0.3 is 9.84 Å². The highest BCUT2D eigenvalue weighted by molar-refractivity contribution is 5.41. The van der Waals surface area contributed by atoms with Crippen LogP contribution < -0.4 is 4.74 Å². The number of rotatable bonds is 3. The molecule has 4 nitrogen and oxygen atoms in total. The Balaban J connectivity index is 1.85. The summed E-state index contributed by atoms with van der Waals surface area (Å²) in [5, 5.41) is 13.9. The molecule has 0 radical (unpaired) electrons. The van der Waals surface area contributed by atoms with Crippen LogP contribution in [-0.4, -0.2) is 14.9 Å². The van der Waals surface area contributed by atoms with Gasteiger partial charge in [0.15, 0.2) is 17.2 Å². The fraction of sp³-hybridized carbons (Fsp3) is 0. The summed E-state index contributed by atoms with van der Waals surface area (Å²) in [5.41, 5.74) is 0.953. The van der Waals surface area contributed by atoms with E-state index < -0.39 is 0 Å². The number of hydrogen-bond acceptors (Lipinski definition) is 3. The van der Waals surface area contributed by atoms with Crippen LogP contribution in [0.5, 0.6) is 17.2 Å². The van der Waals surface area contributed by atoms with Crippen LogP contribution >= 0.6 is 0 Å². The molecular weight excluding hydrogens is 240 g/mol. The highest BCUT2D eigenvalue weighted by Gasteiger charge is 2.05. The van der Waals surface area contributed by atoms with Crippen molar-refractivity contribution in [3.63, 3.8) is 0 Å². The fourth-order valence-corrected chi connectivity index (χ4v) is 1.75. The summed E-state index contributed by atoms with van der Waals surface area (Å²) in [4.78, 5) is 0. The predicted octanol–water partition coefficient (Wildman–Crippen LogP) is 3.37. The van der Waals surface area contributed by atoms with Crippen LogP contribution in [0.4, 0.5) is 0 Å². The van der Waals surface area contributed by atoms with E-state index in [4.69, 9.17) is 4.74 Å². The molecule has 0 spiro atoms. The Kier molecular flexibility index (Phi) is 2.90. The standard InChI is InChI=1S/C15H12N2O2/c18-14-8-4-5-9-15(14)19-13-10-16-17(11-13)12-6-2-1-3-7-12/h1-11,18H. The molecule has 0 aliphatic carbocycles. The molecule has 4 heteroatoms. The quantitative estimate of drug-likeness (QED) is 0.777. The molecule has 0 saturated heterocycles. The van der Waals surface area contributed by atoms with Crippen molar-refractivity contribution in [2.45, 2.75) is 0 Å². The minimum Gasteiger partial charge on any atom is -0.504 e. The van der Waals surface area contributed by atoms with Gasteiger partial charge in [-0.2, -0.15) is 5.10 Å². The third-order valence-electron chi connectivity index (χ3n) is 2.67. The molecule has 1 aromatic heterocycles. The summed E-state index contributed by atoms with van der Waals surface area (Å²) in [6.45, 7) is 0. The molecule has 0 saturated carbocycles. The van der Waals surface area contributed by atoms with Crippen LogP contribution in [0, 0.1) is 0 Å². The maximum Gasteiger partial charge on any atom is 0.169 e. The van der Waals surface area contributed by atoms with Crippen molar-refractivity contribution in [2.75, 3.05) is 0 Å². The van der Waals surface area contributed by atoms with E-state index in [0.29, 0.717) is 11.5 Å². The molecule has 2 aromatic carbocycles. The Labute approximate surface area is 110 Å². The first-order valence-corrected chi connectivity index (χ1v) is 5.89. The molecule has 0 atom stereocenters. The van der Waals surface area contributed by atoms with Gasteiger partial charge in [-0.3, -0.25) is 0 Å². The average Bonchev–Trinajstić information content (AvgIpc) is 2.91. The number of aromatic hydroxyl groups is 1. The molecule has 94 valence electrons. The Morgan fingerprint density at radius 2 is 1.68 bits per heavy atom. The van der Waals surface area contributed by atoms with E-state index in [0.717, 1.165) is 5.69 Å². The summed E-state index contributed by atoms with van der Waals surface area (Å²) >= 11 is 0. The summed E-state index contributed by atoms with van der Waals surface area (Å²) in [7, 11) is 0. The Bertz CT molecular complexity index is 677. The lowest BCUT2D eigenvalue weighted by molar-refractivity contribution is 0.411. The second kappa shape index (κ2) is 4.86. The monoisotopic (exact) mass is 252 g/mol. The first-order chi connectivity index (χ1) is 9.33. The molecule has 0 aliphatic heterocycles. The normalized spacial score (nSPS) is 10.3. The molecule has 0 bridgehead atoms. The predicted molar refractivity (Wildman–Crippen MR) is 71.7 cm³/mol. The topological polar surface area (TPSA) is 47.3 Å². The van der Waals surface area contributed by atoms with Crippen LogP contribution in [0.1, 0.15) is 0 Å². The van der Waals surface area contributed by atoms with Crippen LogP contribution in [0.15, 0.2) is 67.0 Å². The second-order valence-electron chi connectivity index (χ2n) is 4.03. The van der Waals surface area contributed by atoms with Crippen LogP contribution in [0.3, 0.4) is 0 Å². The van der Waals surface area contributed by atoms with E-state index in [1.165, 1.54) is 0 Å². The van der Waals surface area contributed by atoms with Crippen molar-refractivity contribution in [3.8, 4) is 22.9 Å². The Morgan fingerprint density at radius 3 is 2.47 bits per heavy atom. The summed E-state index contributed by atoms with van der Waals surface area (Å²) in [6, 6.07) is 16.6. The zero-order valence-electron chi connectivity index (χ0n) is 10.1. The molecule has 0 aliphatic rings. The first kappa shape index (κ1) is 11.3. The molecule has 0 unspecified atom stereocenters. The minimum absolute atomic E-state index is 0.106. The van der Waals surface area contributed by atoms with Crippen LogP contribution in [-0.2, 0) is 0 Å². The maximum absolute atomic E-state index is 9.64. The van der Waals surface area contributed by atoms with Gasteiger partial charge in [-0.05, 0) is 24.3 Å². The van der Waals surface area contributed by atoms with Gasteiger partial charge in [0.25, 0.3) is 0 Å². The van der Waals surface area contributed by atoms with Crippen molar-refractivity contribution in [3.05, 3.63) is 67.0 Å². The number of benzene rings is 2. The number of para-hydroxylation sites is 3.